The van der Waals surface area contributed by atoms with Crippen LogP contribution in [0, 0.1) is 5.82 Å². The average molecular weight is 419 g/mol. The Kier molecular flexibility index (Phi) is 4.97. The van der Waals surface area contributed by atoms with Gasteiger partial charge in [-0.3, -0.25) is 9.59 Å². The number of carbonyl (C=O) groups excluding carboxylic acids is 2. The number of carbonyl (C=O) groups is 2. The Balaban J connectivity index is 1.45. The highest BCUT2D eigenvalue weighted by Crippen LogP contribution is 2.30. The second-order valence-electron chi connectivity index (χ2n) is 6.51. The van der Waals surface area contributed by atoms with Gasteiger partial charge in [0.15, 0.2) is 10.8 Å². The normalized spacial score (nSPS) is 18.1. The number of halogens is 2. The molecule has 29 heavy (non-hydrogen) atoms. The zero-order valence-electron chi connectivity index (χ0n) is 14.8. The molecule has 4 rings (SSSR count). The lowest BCUT2D eigenvalue weighted by Gasteiger charge is -2.29. The van der Waals surface area contributed by atoms with Crippen molar-refractivity contribution >= 4 is 39.7 Å². The monoisotopic (exact) mass is 419 g/mol. The lowest BCUT2D eigenvalue weighted by molar-refractivity contribution is 0.0849. The number of hydrogen-bond acceptors (Lipinski definition) is 8. The van der Waals surface area contributed by atoms with Crippen molar-refractivity contribution in [2.24, 2.45) is 0 Å². The fraction of sp³-hybridized carbons (Fsp3) is 0.222. The van der Waals surface area contributed by atoms with Crippen LogP contribution in [-0.4, -0.2) is 34.0 Å². The molecular formula is C18H15F2N5O3S. The Labute approximate surface area is 167 Å². The number of nitrogens with one attached hydrogen (secondary N) is 2. The molecule has 0 radical (unpaired) electrons. The Morgan fingerprint density at radius 2 is 1.97 bits per heavy atom. The number of hydrogen-bond donors (Lipinski definition) is 3. The summed E-state index contributed by atoms with van der Waals surface area (Å²) in [7, 11) is 0. The first-order chi connectivity index (χ1) is 13.9. The fourth-order valence-corrected chi connectivity index (χ4v) is 3.58. The largest absolute Gasteiger partial charge is 0.382 e. The Bertz CT molecular complexity index is 1060. The molecule has 0 spiro atoms. The topological polar surface area (TPSA) is 123 Å². The van der Waals surface area contributed by atoms with E-state index in [-0.39, 0.29) is 46.8 Å². The summed E-state index contributed by atoms with van der Waals surface area (Å²) in [6.45, 7) is 0. The fourth-order valence-electron chi connectivity index (χ4n) is 2.73. The third-order valence-electron chi connectivity index (χ3n) is 4.34. The van der Waals surface area contributed by atoms with Gasteiger partial charge in [0, 0.05) is 17.8 Å². The van der Waals surface area contributed by atoms with Crippen LogP contribution in [0.4, 0.5) is 25.4 Å². The Morgan fingerprint density at radius 1 is 1.24 bits per heavy atom. The number of nitrogens with zero attached hydrogens (tertiary/aromatic N) is 2. The molecule has 0 bridgehead atoms. The van der Waals surface area contributed by atoms with Crippen LogP contribution in [0.25, 0.3) is 0 Å². The lowest BCUT2D eigenvalue weighted by Crippen LogP contribution is -2.45. The molecule has 1 fully saturated rings. The highest BCUT2D eigenvalue weighted by atomic mass is 32.1. The minimum Gasteiger partial charge on any atom is -0.382 e. The quantitative estimate of drug-likeness (QED) is 0.525. The van der Waals surface area contributed by atoms with Crippen molar-refractivity contribution in [1.82, 2.24) is 15.5 Å². The SMILES string of the molecule is Nc1nc(Nc2ccc(F)cc2)sc1C(=O)c1cc(C(=O)N[C@H]2C[C@@H](F)C2)no1. The van der Waals surface area contributed by atoms with Gasteiger partial charge < -0.3 is 20.9 Å². The molecule has 2 heterocycles. The van der Waals surface area contributed by atoms with Crippen molar-refractivity contribution in [3.05, 3.63) is 52.5 Å². The summed E-state index contributed by atoms with van der Waals surface area (Å²) in [5.41, 5.74) is 6.32. The van der Waals surface area contributed by atoms with Crippen LogP contribution in [0.1, 0.15) is 38.8 Å². The van der Waals surface area contributed by atoms with Crippen LogP contribution in [0.15, 0.2) is 34.9 Å². The van der Waals surface area contributed by atoms with Crippen molar-refractivity contribution in [3.8, 4) is 0 Å². The summed E-state index contributed by atoms with van der Waals surface area (Å²) < 4.78 is 30.8. The summed E-state index contributed by atoms with van der Waals surface area (Å²) in [5.74, 6) is -1.69. The van der Waals surface area contributed by atoms with Crippen LogP contribution in [0.2, 0.25) is 0 Å². The molecule has 4 N–H and O–H groups in total. The van der Waals surface area contributed by atoms with E-state index >= 15 is 0 Å². The molecule has 3 aromatic rings. The maximum atomic E-state index is 13.0. The summed E-state index contributed by atoms with van der Waals surface area (Å²) in [4.78, 5) is 28.9. The first kappa shape index (κ1) is 19.0. The van der Waals surface area contributed by atoms with E-state index < -0.39 is 17.9 Å². The molecule has 1 aliphatic carbocycles. The van der Waals surface area contributed by atoms with Crippen LogP contribution >= 0.6 is 11.3 Å². The van der Waals surface area contributed by atoms with Crippen molar-refractivity contribution in [3.63, 3.8) is 0 Å². The highest BCUT2D eigenvalue weighted by molar-refractivity contribution is 7.18. The zero-order chi connectivity index (χ0) is 20.5. The number of anilines is 3. The maximum absolute atomic E-state index is 13.0. The van der Waals surface area contributed by atoms with Crippen molar-refractivity contribution in [2.45, 2.75) is 25.1 Å². The average Bonchev–Trinajstić information content (AvgIpc) is 3.29. The number of nitrogen functional groups attached to an aromatic ring is 1. The van der Waals surface area contributed by atoms with E-state index in [9.17, 15) is 18.4 Å². The van der Waals surface area contributed by atoms with E-state index in [1.807, 2.05) is 0 Å². The molecule has 11 heteroatoms. The van der Waals surface area contributed by atoms with Crippen LogP contribution in [0.5, 0.6) is 0 Å². The van der Waals surface area contributed by atoms with Gasteiger partial charge in [0.05, 0.1) is 0 Å². The minimum absolute atomic E-state index is 0.0181. The first-order valence-corrected chi connectivity index (χ1v) is 9.46. The van der Waals surface area contributed by atoms with Gasteiger partial charge in [0.25, 0.3) is 5.91 Å². The third-order valence-corrected chi connectivity index (χ3v) is 5.32. The molecule has 1 aliphatic rings. The Hall–Kier alpha value is -3.34. The third kappa shape index (κ3) is 4.09. The Morgan fingerprint density at radius 3 is 2.66 bits per heavy atom. The van der Waals surface area contributed by atoms with E-state index in [0.717, 1.165) is 11.3 Å². The van der Waals surface area contributed by atoms with E-state index in [1.54, 1.807) is 0 Å². The van der Waals surface area contributed by atoms with Crippen LogP contribution in [-0.2, 0) is 0 Å². The van der Waals surface area contributed by atoms with Gasteiger partial charge in [-0.05, 0) is 37.1 Å². The van der Waals surface area contributed by atoms with Crippen molar-refractivity contribution < 1.29 is 22.9 Å². The minimum atomic E-state index is -0.901. The van der Waals surface area contributed by atoms with Crippen LogP contribution < -0.4 is 16.4 Å². The number of benzene rings is 1. The summed E-state index contributed by atoms with van der Waals surface area (Å²) in [6.07, 6.45) is -0.380. The summed E-state index contributed by atoms with van der Waals surface area (Å²) in [5, 5.41) is 9.48. The van der Waals surface area contributed by atoms with Crippen molar-refractivity contribution in [1.29, 1.82) is 0 Å². The van der Waals surface area contributed by atoms with Crippen LogP contribution in [0.3, 0.4) is 0 Å². The van der Waals surface area contributed by atoms with E-state index in [0.29, 0.717) is 10.8 Å². The smallest absolute Gasteiger partial charge is 0.273 e. The molecule has 150 valence electrons. The number of ketones is 1. The standard InChI is InChI=1S/C18H15F2N5O3S/c19-8-1-3-10(4-2-8)23-18-24-16(21)15(29-18)14(26)13-7-12(25-28-13)17(27)22-11-5-9(20)6-11/h1-4,7,9,11H,5-6,21H2,(H,22,27)(H,23,24)/t9-,11+. The van der Waals surface area contributed by atoms with Gasteiger partial charge in [-0.15, -0.1) is 0 Å². The maximum Gasteiger partial charge on any atom is 0.273 e. The molecular weight excluding hydrogens is 404 g/mol. The highest BCUT2D eigenvalue weighted by Gasteiger charge is 2.31. The predicted octanol–water partition coefficient (Wildman–Crippen LogP) is 3.06. The predicted molar refractivity (Wildman–Crippen MR) is 102 cm³/mol. The number of thiazole rings is 1. The number of alkyl halides is 1. The summed E-state index contributed by atoms with van der Waals surface area (Å²) in [6, 6.07) is 6.56. The zero-order valence-corrected chi connectivity index (χ0v) is 15.6. The molecule has 1 saturated carbocycles. The molecule has 0 saturated heterocycles. The second kappa shape index (κ2) is 7.59. The molecule has 1 aromatic carbocycles. The lowest BCUT2D eigenvalue weighted by atomic mass is 9.91. The first-order valence-electron chi connectivity index (χ1n) is 8.64. The second-order valence-corrected chi connectivity index (χ2v) is 7.51. The molecule has 2 aromatic heterocycles. The van der Waals surface area contributed by atoms with E-state index in [1.165, 1.54) is 30.3 Å². The molecule has 0 unspecified atom stereocenters. The number of nitrogens with two attached hydrogens (primary N) is 1. The number of amides is 1. The van der Waals surface area contributed by atoms with Gasteiger partial charge in [-0.25, -0.2) is 13.8 Å². The molecule has 1 amide bonds. The van der Waals surface area contributed by atoms with Gasteiger partial charge >= 0.3 is 0 Å². The van der Waals surface area contributed by atoms with Gasteiger partial charge in [-0.1, -0.05) is 16.5 Å². The molecule has 8 nitrogen and oxygen atoms in total. The van der Waals surface area contributed by atoms with E-state index in [4.69, 9.17) is 10.3 Å². The summed E-state index contributed by atoms with van der Waals surface area (Å²) >= 11 is 0.982. The number of aromatic nitrogens is 2. The van der Waals surface area contributed by atoms with Gasteiger partial charge in [0.2, 0.25) is 11.5 Å². The van der Waals surface area contributed by atoms with Gasteiger partial charge in [-0.2, -0.15) is 0 Å². The van der Waals surface area contributed by atoms with E-state index in [2.05, 4.69) is 20.8 Å². The molecule has 0 aliphatic heterocycles. The molecule has 0 atom stereocenters. The van der Waals surface area contributed by atoms with Gasteiger partial charge in [0.1, 0.15) is 22.7 Å². The van der Waals surface area contributed by atoms with Crippen molar-refractivity contribution in [2.75, 3.05) is 11.1 Å². The number of rotatable bonds is 6.